The third-order valence-corrected chi connectivity index (χ3v) is 6.00. The van der Waals surface area contributed by atoms with E-state index < -0.39 is 30.6 Å². The van der Waals surface area contributed by atoms with Gasteiger partial charge in [-0.15, -0.1) is 0 Å². The normalized spacial score (nSPS) is 11.9. The summed E-state index contributed by atoms with van der Waals surface area (Å²) in [6.07, 6.45) is 5.30. The summed E-state index contributed by atoms with van der Waals surface area (Å²) >= 11 is 0. The first kappa shape index (κ1) is 27.6. The van der Waals surface area contributed by atoms with Crippen molar-refractivity contribution < 1.29 is 31.8 Å². The second-order valence-electron chi connectivity index (χ2n) is 8.62. The van der Waals surface area contributed by atoms with Crippen molar-refractivity contribution >= 4 is 11.7 Å². The molecular formula is C29H25F4N3O3. The Kier molecular flexibility index (Phi) is 9.09. The number of amides is 1. The van der Waals surface area contributed by atoms with E-state index in [1.54, 1.807) is 35.6 Å². The minimum Gasteiger partial charge on any atom is -0.431 e. The van der Waals surface area contributed by atoms with Crippen molar-refractivity contribution in [1.29, 1.82) is 0 Å². The number of pyridine rings is 2. The zero-order valence-electron chi connectivity index (χ0n) is 20.9. The molecule has 0 N–H and O–H groups in total. The monoisotopic (exact) mass is 539 g/mol. The van der Waals surface area contributed by atoms with E-state index in [-0.39, 0.29) is 5.91 Å². The van der Waals surface area contributed by atoms with Crippen LogP contribution in [0.4, 0.5) is 23.4 Å². The summed E-state index contributed by atoms with van der Waals surface area (Å²) < 4.78 is 60.7. The first-order valence-electron chi connectivity index (χ1n) is 12.0. The number of hydrogen-bond donors (Lipinski definition) is 0. The number of carbonyl (C=O) groups is 1. The smallest absolute Gasteiger partial charge is 0.387 e. The molecule has 4 aromatic rings. The number of alkyl halides is 4. The van der Waals surface area contributed by atoms with Crippen LogP contribution < -0.4 is 14.4 Å². The van der Waals surface area contributed by atoms with Crippen molar-refractivity contribution in [3.05, 3.63) is 114 Å². The van der Waals surface area contributed by atoms with Crippen molar-refractivity contribution in [2.24, 2.45) is 0 Å². The molecule has 2 heterocycles. The van der Waals surface area contributed by atoms with Gasteiger partial charge in [0.05, 0.1) is 6.54 Å². The first-order chi connectivity index (χ1) is 18.8. The van der Waals surface area contributed by atoms with Gasteiger partial charge in [-0.1, -0.05) is 42.5 Å². The largest absolute Gasteiger partial charge is 0.431 e. The third kappa shape index (κ3) is 7.53. The minimum absolute atomic E-state index is 0.184. The molecule has 0 aliphatic rings. The average Bonchev–Trinajstić information content (AvgIpc) is 2.92. The van der Waals surface area contributed by atoms with Crippen LogP contribution in [-0.2, 0) is 17.8 Å². The third-order valence-electron chi connectivity index (χ3n) is 6.00. The molecule has 0 spiro atoms. The van der Waals surface area contributed by atoms with E-state index in [1.807, 2.05) is 42.5 Å². The van der Waals surface area contributed by atoms with E-state index in [0.29, 0.717) is 29.9 Å². The van der Waals surface area contributed by atoms with Gasteiger partial charge in [-0.25, -0.2) is 4.98 Å². The van der Waals surface area contributed by atoms with Crippen molar-refractivity contribution in [1.82, 2.24) is 9.97 Å². The van der Waals surface area contributed by atoms with Crippen molar-refractivity contribution in [3.8, 4) is 11.5 Å². The highest BCUT2D eigenvalue weighted by molar-refractivity contribution is 5.90. The molecular weight excluding hydrogens is 514 g/mol. The number of ether oxygens (including phenoxy) is 2. The summed E-state index contributed by atoms with van der Waals surface area (Å²) in [5, 5.41) is 0. The van der Waals surface area contributed by atoms with E-state index in [0.717, 1.165) is 11.1 Å². The molecule has 1 atom stereocenters. The average molecular weight is 540 g/mol. The van der Waals surface area contributed by atoms with Gasteiger partial charge in [0.2, 0.25) is 5.91 Å². The molecule has 0 saturated carbocycles. The molecule has 2 aromatic carbocycles. The molecule has 39 heavy (non-hydrogen) atoms. The number of carbonyl (C=O) groups excluding carboxylic acids is 1. The second kappa shape index (κ2) is 12.9. The Balaban J connectivity index is 1.70. The van der Waals surface area contributed by atoms with Gasteiger partial charge in [-0.05, 0) is 59.0 Å². The molecule has 0 radical (unpaired) electrons. The van der Waals surface area contributed by atoms with E-state index in [4.69, 9.17) is 0 Å². The van der Waals surface area contributed by atoms with E-state index >= 15 is 0 Å². The van der Waals surface area contributed by atoms with Crippen LogP contribution in [0.2, 0.25) is 0 Å². The first-order valence-corrected chi connectivity index (χ1v) is 12.0. The molecule has 0 bridgehead atoms. The maximum absolute atomic E-state index is 13.1. The zero-order valence-corrected chi connectivity index (χ0v) is 20.9. The van der Waals surface area contributed by atoms with Crippen LogP contribution >= 0.6 is 0 Å². The van der Waals surface area contributed by atoms with E-state index in [9.17, 15) is 22.4 Å². The standard InChI is InChI=1S/C29H25F4N3O3/c1-19(37)36(18-21-5-3-2-4-6-21)27-10-8-23(17-35-27)24(15-20-11-13-34-14-12-20)22-7-9-25(38-28(30)31)26(16-22)39-29(32)33/h2-14,16-17,24,28-29H,15,18H2,1H3. The summed E-state index contributed by atoms with van der Waals surface area (Å²) in [6.45, 7) is -4.65. The van der Waals surface area contributed by atoms with Gasteiger partial charge in [-0.2, -0.15) is 17.6 Å². The lowest BCUT2D eigenvalue weighted by Crippen LogP contribution is -2.28. The lowest BCUT2D eigenvalue weighted by atomic mass is 9.86. The molecule has 10 heteroatoms. The second-order valence-corrected chi connectivity index (χ2v) is 8.62. The molecule has 0 aliphatic carbocycles. The highest BCUT2D eigenvalue weighted by atomic mass is 19.3. The van der Waals surface area contributed by atoms with Gasteiger partial charge in [0, 0.05) is 31.4 Å². The SMILES string of the molecule is CC(=O)N(Cc1ccccc1)c1ccc(C(Cc2ccncc2)c2ccc(OC(F)F)c(OC(F)F)c2)cn1. The van der Waals surface area contributed by atoms with Crippen LogP contribution in [-0.4, -0.2) is 29.1 Å². The predicted molar refractivity (Wildman–Crippen MR) is 137 cm³/mol. The van der Waals surface area contributed by atoms with E-state index in [2.05, 4.69) is 19.4 Å². The Morgan fingerprint density at radius 1 is 0.821 bits per heavy atom. The topological polar surface area (TPSA) is 64.6 Å². The molecule has 0 aliphatic heterocycles. The molecule has 202 valence electrons. The summed E-state index contributed by atoms with van der Waals surface area (Å²) in [5.74, 6) is -1.16. The number of nitrogens with zero attached hydrogens (tertiary/aromatic N) is 3. The maximum atomic E-state index is 13.1. The van der Waals surface area contributed by atoms with Crippen LogP contribution in [0.1, 0.15) is 35.1 Å². The van der Waals surface area contributed by atoms with Crippen LogP contribution in [0.25, 0.3) is 0 Å². The van der Waals surface area contributed by atoms with Gasteiger partial charge >= 0.3 is 13.2 Å². The quantitative estimate of drug-likeness (QED) is 0.201. The van der Waals surface area contributed by atoms with E-state index in [1.165, 1.54) is 25.1 Å². The van der Waals surface area contributed by atoms with Gasteiger partial charge in [0.15, 0.2) is 11.5 Å². The van der Waals surface area contributed by atoms with Gasteiger partial charge < -0.3 is 9.47 Å². The fourth-order valence-corrected chi connectivity index (χ4v) is 4.19. The molecule has 4 rings (SSSR count). The molecule has 0 saturated heterocycles. The summed E-state index contributed by atoms with van der Waals surface area (Å²) in [4.78, 5) is 22.5. The molecule has 1 amide bonds. The Morgan fingerprint density at radius 3 is 2.10 bits per heavy atom. The molecule has 2 aromatic heterocycles. The summed E-state index contributed by atoms with van der Waals surface area (Å²) in [6, 6.07) is 20.6. The fraction of sp³-hybridized carbons (Fsp3) is 0.207. The summed E-state index contributed by atoms with van der Waals surface area (Å²) in [5.41, 5.74) is 3.07. The number of rotatable bonds is 11. The van der Waals surface area contributed by atoms with Crippen LogP contribution in [0.3, 0.4) is 0 Å². The number of halogens is 4. The van der Waals surface area contributed by atoms with Crippen LogP contribution in [0, 0.1) is 0 Å². The van der Waals surface area contributed by atoms with Crippen molar-refractivity contribution in [2.75, 3.05) is 4.90 Å². The Bertz CT molecular complexity index is 1360. The van der Waals surface area contributed by atoms with Crippen LogP contribution in [0.5, 0.6) is 11.5 Å². The maximum Gasteiger partial charge on any atom is 0.387 e. The van der Waals surface area contributed by atoms with Gasteiger partial charge in [-0.3, -0.25) is 14.7 Å². The Morgan fingerprint density at radius 2 is 1.49 bits per heavy atom. The lowest BCUT2D eigenvalue weighted by Gasteiger charge is -2.23. The highest BCUT2D eigenvalue weighted by Crippen LogP contribution is 2.37. The number of hydrogen-bond acceptors (Lipinski definition) is 5. The molecule has 1 unspecified atom stereocenters. The van der Waals surface area contributed by atoms with Gasteiger partial charge in [0.1, 0.15) is 5.82 Å². The Labute approximate surface area is 222 Å². The zero-order chi connectivity index (χ0) is 27.8. The summed E-state index contributed by atoms with van der Waals surface area (Å²) in [7, 11) is 0. The van der Waals surface area contributed by atoms with Gasteiger partial charge in [0.25, 0.3) is 0 Å². The predicted octanol–water partition coefficient (Wildman–Crippen LogP) is 6.61. The fourth-order valence-electron chi connectivity index (χ4n) is 4.19. The number of aromatic nitrogens is 2. The van der Waals surface area contributed by atoms with Crippen molar-refractivity contribution in [3.63, 3.8) is 0 Å². The molecule has 6 nitrogen and oxygen atoms in total. The minimum atomic E-state index is -3.23. The Hall–Kier alpha value is -4.47. The lowest BCUT2D eigenvalue weighted by molar-refractivity contribution is -0.116. The molecule has 0 fully saturated rings. The highest BCUT2D eigenvalue weighted by Gasteiger charge is 2.22. The van der Waals surface area contributed by atoms with Crippen molar-refractivity contribution in [2.45, 2.75) is 39.0 Å². The number of benzene rings is 2. The number of anilines is 1. The van der Waals surface area contributed by atoms with Crippen LogP contribution in [0.15, 0.2) is 91.4 Å².